The average Bonchev–Trinajstić information content (AvgIpc) is 2.91. The molecule has 0 heterocycles. The molecule has 0 saturated heterocycles. The summed E-state index contributed by atoms with van der Waals surface area (Å²) in [6.45, 7) is 16.9. The second-order valence-electron chi connectivity index (χ2n) is 6.64. The van der Waals surface area contributed by atoms with Gasteiger partial charge in [-0.1, -0.05) is 55.5 Å². The molecule has 0 unspecified atom stereocenters. The summed E-state index contributed by atoms with van der Waals surface area (Å²) in [6, 6.07) is 0. The second kappa shape index (κ2) is 4.09. The maximum Gasteiger partial charge on any atom is 0.0740 e. The van der Waals surface area contributed by atoms with Gasteiger partial charge in [0.2, 0.25) is 0 Å². The van der Waals surface area contributed by atoms with Gasteiger partial charge in [0.25, 0.3) is 0 Å². The Kier molecular flexibility index (Phi) is 3.09. The molecule has 0 radical (unpaired) electrons. The number of hydrogen-bond acceptors (Lipinski definition) is 0. The molecule has 2 rings (SSSR count). The van der Waals surface area contributed by atoms with Crippen LogP contribution >= 0.6 is 0 Å². The number of rotatable bonds is 2. The van der Waals surface area contributed by atoms with Crippen LogP contribution in [0.25, 0.3) is 0 Å². The van der Waals surface area contributed by atoms with Gasteiger partial charge in [0.05, 0.1) is 8.07 Å². The lowest BCUT2D eigenvalue weighted by Crippen LogP contribution is -2.44. The molecule has 0 bridgehead atoms. The minimum absolute atomic E-state index is 0.310. The van der Waals surface area contributed by atoms with Crippen LogP contribution in [0.15, 0.2) is 46.6 Å². The van der Waals surface area contributed by atoms with E-state index in [1.807, 2.05) is 0 Å². The van der Waals surface area contributed by atoms with Crippen LogP contribution in [0.3, 0.4) is 0 Å². The van der Waals surface area contributed by atoms with E-state index in [4.69, 9.17) is 0 Å². The van der Waals surface area contributed by atoms with E-state index < -0.39 is 8.07 Å². The number of allylic oxidation sites excluding steroid dienone is 8. The van der Waals surface area contributed by atoms with E-state index in [0.29, 0.717) is 10.6 Å². The van der Waals surface area contributed by atoms with Crippen molar-refractivity contribution in [2.24, 2.45) is 0 Å². The molecule has 98 valence electrons. The third kappa shape index (κ3) is 1.49. The molecule has 0 aromatic heterocycles. The summed E-state index contributed by atoms with van der Waals surface area (Å²) in [6.07, 6.45) is 9.24. The zero-order valence-electron chi connectivity index (χ0n) is 12.9. The minimum atomic E-state index is -1.46. The van der Waals surface area contributed by atoms with Gasteiger partial charge in [-0.25, -0.2) is 0 Å². The van der Waals surface area contributed by atoms with Crippen molar-refractivity contribution >= 4 is 8.07 Å². The fourth-order valence-electron chi connectivity index (χ4n) is 3.81. The van der Waals surface area contributed by atoms with E-state index in [-0.39, 0.29) is 0 Å². The first-order chi connectivity index (χ1) is 8.24. The van der Waals surface area contributed by atoms with Gasteiger partial charge in [-0.2, -0.15) is 0 Å². The molecule has 0 aromatic rings. The monoisotopic (exact) mass is 258 g/mol. The van der Waals surface area contributed by atoms with Crippen molar-refractivity contribution in [1.29, 1.82) is 0 Å². The Balaban J connectivity index is 2.56. The third-order valence-electron chi connectivity index (χ3n) is 6.06. The first-order valence-corrected chi connectivity index (χ1v) is 10.0. The molecule has 0 atom stereocenters. The molecule has 0 N–H and O–H groups in total. The van der Waals surface area contributed by atoms with Crippen molar-refractivity contribution in [3.63, 3.8) is 0 Å². The van der Waals surface area contributed by atoms with Gasteiger partial charge in [-0.05, 0) is 44.4 Å². The van der Waals surface area contributed by atoms with Gasteiger partial charge >= 0.3 is 0 Å². The van der Waals surface area contributed by atoms with E-state index in [0.717, 1.165) is 0 Å². The fourth-order valence-corrected chi connectivity index (χ4v) is 7.97. The second-order valence-corrected chi connectivity index (χ2v) is 11.8. The van der Waals surface area contributed by atoms with Crippen LogP contribution in [-0.2, 0) is 0 Å². The molecule has 1 heteroatoms. The maximum absolute atomic E-state index is 2.55. The van der Waals surface area contributed by atoms with Gasteiger partial charge in [0.1, 0.15) is 0 Å². The molecule has 2 aliphatic carbocycles. The summed E-state index contributed by atoms with van der Waals surface area (Å²) in [5.41, 5.74) is 6.96. The van der Waals surface area contributed by atoms with Crippen molar-refractivity contribution in [3.8, 4) is 0 Å². The maximum atomic E-state index is 2.55. The van der Waals surface area contributed by atoms with E-state index in [2.05, 4.69) is 72.0 Å². The molecule has 0 spiro atoms. The van der Waals surface area contributed by atoms with Crippen LogP contribution in [-0.4, -0.2) is 8.07 Å². The van der Waals surface area contributed by atoms with Crippen LogP contribution < -0.4 is 0 Å². The Morgan fingerprint density at radius 2 is 1.28 bits per heavy atom. The third-order valence-corrected chi connectivity index (χ3v) is 11.4. The summed E-state index contributed by atoms with van der Waals surface area (Å²) < 4.78 is 0. The molecule has 18 heavy (non-hydrogen) atoms. The zero-order valence-corrected chi connectivity index (χ0v) is 13.9. The largest absolute Gasteiger partial charge is 0.0803 e. The Morgan fingerprint density at radius 1 is 0.889 bits per heavy atom. The van der Waals surface area contributed by atoms with Crippen molar-refractivity contribution in [2.75, 3.05) is 0 Å². The first kappa shape index (κ1) is 13.6. The average molecular weight is 258 g/mol. The molecule has 0 amide bonds. The highest BCUT2D eigenvalue weighted by Crippen LogP contribution is 2.61. The molecule has 2 aliphatic rings. The standard InChI is InChI=1S/C17H26Si/c1-12-13(2)15(4)17(5,14(12)3)18(6,7)16-10-8-9-11-16/h8-11,16H,1-7H3. The highest BCUT2D eigenvalue weighted by molar-refractivity contribution is 6.84. The molecule has 0 aliphatic heterocycles. The minimum Gasteiger partial charge on any atom is -0.0803 e. The normalized spacial score (nSPS) is 23.7. The molecule has 0 nitrogen and oxygen atoms in total. The van der Waals surface area contributed by atoms with Crippen LogP contribution in [0.2, 0.25) is 23.7 Å². The quantitative estimate of drug-likeness (QED) is 0.562. The van der Waals surface area contributed by atoms with Crippen molar-refractivity contribution in [1.82, 2.24) is 0 Å². The predicted octanol–water partition coefficient (Wildman–Crippen LogP) is 5.64. The van der Waals surface area contributed by atoms with E-state index >= 15 is 0 Å². The van der Waals surface area contributed by atoms with E-state index in [9.17, 15) is 0 Å². The molecule has 0 aromatic carbocycles. The fraction of sp³-hybridized carbons (Fsp3) is 0.529. The van der Waals surface area contributed by atoms with Crippen molar-refractivity contribution in [3.05, 3.63) is 46.6 Å². The lowest BCUT2D eigenvalue weighted by molar-refractivity contribution is 0.782. The predicted molar refractivity (Wildman–Crippen MR) is 84.6 cm³/mol. The summed E-state index contributed by atoms with van der Waals surface area (Å²) in [4.78, 5) is 0. The van der Waals surface area contributed by atoms with Crippen LogP contribution in [0.5, 0.6) is 0 Å². The highest BCUT2D eigenvalue weighted by atomic mass is 28.3. The summed E-state index contributed by atoms with van der Waals surface area (Å²) in [7, 11) is -1.46. The first-order valence-electron chi connectivity index (χ1n) is 6.96. The van der Waals surface area contributed by atoms with Crippen LogP contribution in [0.1, 0.15) is 34.6 Å². The van der Waals surface area contributed by atoms with E-state index in [1.165, 1.54) is 11.1 Å². The van der Waals surface area contributed by atoms with Crippen LogP contribution in [0, 0.1) is 0 Å². The van der Waals surface area contributed by atoms with E-state index in [1.54, 1.807) is 11.1 Å². The Labute approximate surface area is 113 Å². The smallest absolute Gasteiger partial charge is 0.0740 e. The van der Waals surface area contributed by atoms with Gasteiger partial charge in [-0.3, -0.25) is 0 Å². The molecular formula is C17H26Si. The van der Waals surface area contributed by atoms with Gasteiger partial charge in [0, 0.05) is 5.04 Å². The Morgan fingerprint density at radius 3 is 1.67 bits per heavy atom. The summed E-state index contributed by atoms with van der Waals surface area (Å²) in [5.74, 6) is 0. The molecular weight excluding hydrogens is 232 g/mol. The highest BCUT2D eigenvalue weighted by Gasteiger charge is 2.51. The summed E-state index contributed by atoms with van der Waals surface area (Å²) >= 11 is 0. The zero-order chi connectivity index (χ0) is 13.7. The van der Waals surface area contributed by atoms with Gasteiger partial charge < -0.3 is 0 Å². The van der Waals surface area contributed by atoms with Gasteiger partial charge in [-0.15, -0.1) is 0 Å². The Hall–Kier alpha value is -0.823. The molecule has 0 fully saturated rings. The Bertz CT molecular complexity index is 462. The molecule has 0 saturated carbocycles. The van der Waals surface area contributed by atoms with Crippen molar-refractivity contribution in [2.45, 2.75) is 58.3 Å². The van der Waals surface area contributed by atoms with Crippen molar-refractivity contribution < 1.29 is 0 Å². The number of hydrogen-bond donors (Lipinski definition) is 0. The van der Waals surface area contributed by atoms with Gasteiger partial charge in [0.15, 0.2) is 0 Å². The topological polar surface area (TPSA) is 0 Å². The van der Waals surface area contributed by atoms with Crippen LogP contribution in [0.4, 0.5) is 0 Å². The lowest BCUT2D eigenvalue weighted by Gasteiger charge is -2.46. The SMILES string of the molecule is CC1=C(C)C(C)([Si](C)(C)C2C=CC=C2)C(C)=C1C. The summed E-state index contributed by atoms with van der Waals surface area (Å²) in [5, 5.41) is 0.310. The lowest BCUT2D eigenvalue weighted by atomic mass is 9.98.